The van der Waals surface area contributed by atoms with E-state index in [1.165, 1.54) is 17.7 Å². The zero-order chi connectivity index (χ0) is 23.7. The van der Waals surface area contributed by atoms with Crippen LogP contribution >= 0.6 is 0 Å². The molecule has 2 heterocycles. The van der Waals surface area contributed by atoms with Gasteiger partial charge in [0.25, 0.3) is 0 Å². The van der Waals surface area contributed by atoms with Crippen molar-refractivity contribution in [2.45, 2.75) is 20.4 Å². The van der Waals surface area contributed by atoms with Gasteiger partial charge in [0.2, 0.25) is 6.79 Å². The minimum atomic E-state index is -0.384. The van der Waals surface area contributed by atoms with Crippen molar-refractivity contribution in [3.63, 3.8) is 0 Å². The molecule has 1 aliphatic heterocycles. The van der Waals surface area contributed by atoms with Crippen molar-refractivity contribution in [1.82, 2.24) is 9.88 Å². The molecular formula is C27H26FN3O3. The van der Waals surface area contributed by atoms with Crippen LogP contribution in [0.3, 0.4) is 0 Å². The number of hydrogen-bond acceptors (Lipinski definition) is 5. The van der Waals surface area contributed by atoms with Gasteiger partial charge in [0.15, 0.2) is 17.4 Å². The van der Waals surface area contributed by atoms with E-state index in [0.717, 1.165) is 30.9 Å². The lowest BCUT2D eigenvalue weighted by Crippen LogP contribution is -2.21. The fourth-order valence-electron chi connectivity index (χ4n) is 4.21. The molecule has 7 heteroatoms. The highest BCUT2D eigenvalue weighted by atomic mass is 19.1. The summed E-state index contributed by atoms with van der Waals surface area (Å²) in [7, 11) is 0. The highest BCUT2D eigenvalue weighted by Crippen LogP contribution is 2.36. The van der Waals surface area contributed by atoms with Crippen LogP contribution in [0.1, 0.15) is 30.5 Å². The van der Waals surface area contributed by atoms with E-state index in [-0.39, 0.29) is 18.5 Å². The first kappa shape index (κ1) is 22.0. The molecule has 0 radical (unpaired) electrons. The zero-order valence-corrected chi connectivity index (χ0v) is 19.1. The molecule has 3 aromatic carbocycles. The van der Waals surface area contributed by atoms with Crippen molar-refractivity contribution in [2.24, 2.45) is 4.99 Å². The minimum absolute atomic E-state index is 0.0739. The van der Waals surface area contributed by atoms with Crippen molar-refractivity contribution < 1.29 is 19.0 Å². The Morgan fingerprint density at radius 1 is 1.00 bits per heavy atom. The van der Waals surface area contributed by atoms with Gasteiger partial charge in [-0.1, -0.05) is 26.0 Å². The molecule has 0 saturated carbocycles. The standard InChI is InChI=1S/C27H26FN3O3/c1-3-31(4-2)15-17-5-9-20(10-6-17)29-26(18-7-12-23-24(13-18)34-16-33-23)25-21-11-8-19(28)14-22(21)30-27(25)32/h5-14,30,32H,3-4,15-16H2,1-2H3. The van der Waals surface area contributed by atoms with Crippen LogP contribution in [0.5, 0.6) is 17.4 Å². The maximum Gasteiger partial charge on any atom is 0.231 e. The maximum atomic E-state index is 13.8. The topological polar surface area (TPSA) is 70.1 Å². The number of nitrogens with one attached hydrogen (secondary N) is 1. The van der Waals surface area contributed by atoms with Crippen molar-refractivity contribution in [3.05, 3.63) is 83.2 Å². The Hall–Kier alpha value is -3.84. The molecule has 6 nitrogen and oxygen atoms in total. The number of nitrogens with zero attached hydrogens (tertiary/aromatic N) is 2. The van der Waals surface area contributed by atoms with Gasteiger partial charge < -0.3 is 19.6 Å². The summed E-state index contributed by atoms with van der Waals surface area (Å²) in [5, 5.41) is 11.5. The van der Waals surface area contributed by atoms with Crippen LogP contribution in [0.2, 0.25) is 0 Å². The van der Waals surface area contributed by atoms with Gasteiger partial charge >= 0.3 is 0 Å². The monoisotopic (exact) mass is 459 g/mol. The van der Waals surface area contributed by atoms with Gasteiger partial charge in [-0.2, -0.15) is 0 Å². The molecule has 0 unspecified atom stereocenters. The number of fused-ring (bicyclic) bond motifs is 2. The summed E-state index contributed by atoms with van der Waals surface area (Å²) in [4.78, 5) is 10.1. The first-order valence-corrected chi connectivity index (χ1v) is 11.4. The van der Waals surface area contributed by atoms with Gasteiger partial charge in [0, 0.05) is 17.5 Å². The first-order chi connectivity index (χ1) is 16.6. The number of ether oxygens (including phenoxy) is 2. The van der Waals surface area contributed by atoms with E-state index in [4.69, 9.17) is 14.5 Å². The number of hydrogen-bond donors (Lipinski definition) is 2. The van der Waals surface area contributed by atoms with E-state index in [2.05, 4.69) is 35.9 Å². The van der Waals surface area contributed by atoms with E-state index >= 15 is 0 Å². The molecule has 0 saturated heterocycles. The molecule has 1 aliphatic rings. The van der Waals surface area contributed by atoms with Crippen molar-refractivity contribution in [2.75, 3.05) is 19.9 Å². The number of aromatic hydroxyl groups is 1. The maximum absolute atomic E-state index is 13.8. The van der Waals surface area contributed by atoms with E-state index in [1.54, 1.807) is 6.07 Å². The van der Waals surface area contributed by atoms with Crippen molar-refractivity contribution in [3.8, 4) is 17.4 Å². The molecule has 0 fully saturated rings. The summed E-state index contributed by atoms with van der Waals surface area (Å²) >= 11 is 0. The molecule has 0 amide bonds. The van der Waals surface area contributed by atoms with Crippen LogP contribution in [0, 0.1) is 5.82 Å². The van der Waals surface area contributed by atoms with E-state index < -0.39 is 0 Å². The Morgan fingerprint density at radius 2 is 1.76 bits per heavy atom. The van der Waals surface area contributed by atoms with Crippen LogP contribution in [0.25, 0.3) is 10.9 Å². The summed E-state index contributed by atoms with van der Waals surface area (Å²) in [6.45, 7) is 7.33. The lowest BCUT2D eigenvalue weighted by Gasteiger charge is -2.17. The SMILES string of the molecule is CCN(CC)Cc1ccc(N=C(c2ccc3c(c2)OCO3)c2c(O)[nH]c3cc(F)ccc23)cc1. The second kappa shape index (κ2) is 9.19. The number of aromatic amines is 1. The normalized spacial score (nSPS) is 13.2. The molecule has 174 valence electrons. The smallest absolute Gasteiger partial charge is 0.231 e. The Bertz CT molecular complexity index is 1360. The molecule has 34 heavy (non-hydrogen) atoms. The molecule has 0 spiro atoms. The van der Waals surface area contributed by atoms with E-state index in [0.29, 0.717) is 33.7 Å². The summed E-state index contributed by atoms with van der Waals surface area (Å²) in [6, 6.07) is 18.0. The first-order valence-electron chi connectivity index (χ1n) is 11.4. The summed E-state index contributed by atoms with van der Waals surface area (Å²) in [6.07, 6.45) is 0. The second-order valence-electron chi connectivity index (χ2n) is 8.19. The predicted molar refractivity (Wildman–Crippen MR) is 131 cm³/mol. The van der Waals surface area contributed by atoms with Crippen LogP contribution in [-0.4, -0.2) is 40.6 Å². The molecule has 0 bridgehead atoms. The minimum Gasteiger partial charge on any atom is -0.494 e. The van der Waals surface area contributed by atoms with Gasteiger partial charge in [-0.15, -0.1) is 0 Å². The quantitative estimate of drug-likeness (QED) is 0.345. The number of aromatic nitrogens is 1. The third-order valence-corrected chi connectivity index (χ3v) is 6.10. The van der Waals surface area contributed by atoms with Crippen molar-refractivity contribution in [1.29, 1.82) is 0 Å². The van der Waals surface area contributed by atoms with E-state index in [1.807, 2.05) is 30.3 Å². The summed E-state index contributed by atoms with van der Waals surface area (Å²) < 4.78 is 24.8. The second-order valence-corrected chi connectivity index (χ2v) is 8.19. The van der Waals surface area contributed by atoms with Crippen LogP contribution in [0.15, 0.2) is 65.7 Å². The largest absolute Gasteiger partial charge is 0.494 e. The highest BCUT2D eigenvalue weighted by Gasteiger charge is 2.22. The highest BCUT2D eigenvalue weighted by molar-refractivity contribution is 6.22. The Balaban J connectivity index is 1.61. The molecule has 5 rings (SSSR count). The lowest BCUT2D eigenvalue weighted by molar-refractivity contribution is 0.174. The summed E-state index contributed by atoms with van der Waals surface area (Å²) in [5.74, 6) is 0.819. The third kappa shape index (κ3) is 4.22. The fraction of sp³-hybridized carbons (Fsp3) is 0.222. The number of benzene rings is 3. The molecule has 4 aromatic rings. The molecule has 2 N–H and O–H groups in total. The number of rotatable bonds is 7. The average molecular weight is 460 g/mol. The fourth-order valence-corrected chi connectivity index (χ4v) is 4.21. The van der Waals surface area contributed by atoms with E-state index in [9.17, 15) is 9.50 Å². The number of aliphatic imine (C=N–C) groups is 1. The lowest BCUT2D eigenvalue weighted by atomic mass is 10.00. The molecule has 0 aliphatic carbocycles. The molecule has 0 atom stereocenters. The van der Waals surface area contributed by atoms with Gasteiger partial charge in [-0.05, 0) is 67.2 Å². The molecule has 1 aromatic heterocycles. The van der Waals surface area contributed by atoms with Crippen LogP contribution in [0.4, 0.5) is 10.1 Å². The third-order valence-electron chi connectivity index (χ3n) is 6.10. The van der Waals surface area contributed by atoms with Gasteiger partial charge in [0.05, 0.1) is 22.5 Å². The van der Waals surface area contributed by atoms with Gasteiger partial charge in [-0.25, -0.2) is 9.38 Å². The van der Waals surface area contributed by atoms with Crippen LogP contribution < -0.4 is 9.47 Å². The van der Waals surface area contributed by atoms with Crippen molar-refractivity contribution >= 4 is 22.3 Å². The molecular weight excluding hydrogens is 433 g/mol. The Kier molecular flexibility index (Phi) is 5.94. The van der Waals surface area contributed by atoms with Crippen LogP contribution in [-0.2, 0) is 6.54 Å². The average Bonchev–Trinajstić information content (AvgIpc) is 3.44. The Morgan fingerprint density at radius 3 is 2.53 bits per heavy atom. The number of halogens is 1. The zero-order valence-electron chi connectivity index (χ0n) is 19.1. The summed E-state index contributed by atoms with van der Waals surface area (Å²) in [5.41, 5.74) is 4.24. The number of H-pyrrole nitrogens is 1. The van der Waals surface area contributed by atoms with Gasteiger partial charge in [-0.3, -0.25) is 4.90 Å². The van der Waals surface area contributed by atoms with Gasteiger partial charge in [0.1, 0.15) is 5.82 Å². The predicted octanol–water partition coefficient (Wildman–Crippen LogP) is 5.75. The Labute approximate surface area is 197 Å².